The maximum Gasteiger partial charge on any atom is 0.134 e. The molecule has 3 atom stereocenters. The molecule has 26 heavy (non-hydrogen) atoms. The van der Waals surface area contributed by atoms with E-state index < -0.39 is 7.92 Å². The van der Waals surface area contributed by atoms with E-state index in [9.17, 15) is 9.90 Å². The van der Waals surface area contributed by atoms with Crippen molar-refractivity contribution in [2.75, 3.05) is 0 Å². The first-order valence-electron chi connectivity index (χ1n) is 8.91. The second-order valence-electron chi connectivity index (χ2n) is 6.72. The Morgan fingerprint density at radius 1 is 0.692 bits per heavy atom. The van der Waals surface area contributed by atoms with Crippen LogP contribution in [0.3, 0.4) is 0 Å². The van der Waals surface area contributed by atoms with Crippen molar-refractivity contribution in [1.29, 1.82) is 0 Å². The van der Waals surface area contributed by atoms with E-state index in [1.165, 1.54) is 10.9 Å². The summed E-state index contributed by atoms with van der Waals surface area (Å²) in [4.78, 5) is 12.6. The van der Waals surface area contributed by atoms with E-state index in [1.54, 1.807) is 12.1 Å². The molecular formula is C23H21O2P. The first-order chi connectivity index (χ1) is 12.7. The zero-order valence-corrected chi connectivity index (χ0v) is 15.3. The Morgan fingerprint density at radius 2 is 1.19 bits per heavy atom. The molecule has 3 heteroatoms. The lowest BCUT2D eigenvalue weighted by atomic mass is 10.0. The first kappa shape index (κ1) is 17.0. The molecule has 0 bridgehead atoms. The molecule has 1 aliphatic heterocycles. The van der Waals surface area contributed by atoms with Gasteiger partial charge < -0.3 is 5.11 Å². The van der Waals surface area contributed by atoms with Crippen molar-refractivity contribution < 1.29 is 9.90 Å². The molecule has 1 N–H and O–H groups in total. The molecule has 1 saturated heterocycles. The molecule has 3 aromatic rings. The van der Waals surface area contributed by atoms with Crippen LogP contribution in [0.1, 0.15) is 35.3 Å². The van der Waals surface area contributed by atoms with Crippen molar-refractivity contribution in [3.8, 4) is 5.75 Å². The number of hydrogen-bond donors (Lipinski definition) is 1. The quantitative estimate of drug-likeness (QED) is 0.640. The van der Waals surface area contributed by atoms with Gasteiger partial charge in [-0.25, -0.2) is 0 Å². The minimum absolute atomic E-state index is 0.180. The lowest BCUT2D eigenvalue weighted by Gasteiger charge is -2.39. The minimum Gasteiger partial charge on any atom is -0.508 e. The van der Waals surface area contributed by atoms with E-state index in [-0.39, 0.29) is 17.1 Å². The van der Waals surface area contributed by atoms with Crippen molar-refractivity contribution in [3.63, 3.8) is 0 Å². The van der Waals surface area contributed by atoms with Gasteiger partial charge in [-0.1, -0.05) is 80.7 Å². The number of rotatable bonds is 3. The molecule has 1 aliphatic rings. The highest BCUT2D eigenvalue weighted by atomic mass is 31.1. The minimum atomic E-state index is -0.585. The molecular weight excluding hydrogens is 339 g/mol. The van der Waals surface area contributed by atoms with Crippen molar-refractivity contribution in [3.05, 3.63) is 96.1 Å². The zero-order valence-electron chi connectivity index (χ0n) is 14.5. The van der Waals surface area contributed by atoms with Gasteiger partial charge in [0, 0.05) is 24.2 Å². The molecule has 130 valence electrons. The van der Waals surface area contributed by atoms with E-state index in [4.69, 9.17) is 0 Å². The van der Waals surface area contributed by atoms with Gasteiger partial charge in [0.05, 0.1) is 0 Å². The van der Waals surface area contributed by atoms with Crippen LogP contribution in [0.5, 0.6) is 5.75 Å². The molecule has 0 aliphatic carbocycles. The summed E-state index contributed by atoms with van der Waals surface area (Å²) in [7, 11) is -0.585. The Balaban J connectivity index is 1.82. The van der Waals surface area contributed by atoms with Gasteiger partial charge in [-0.15, -0.1) is 0 Å². The van der Waals surface area contributed by atoms with E-state index in [0.717, 1.165) is 5.56 Å². The Labute approximate surface area is 155 Å². The number of phenolic OH excluding ortho intramolecular Hbond substituents is 1. The predicted octanol–water partition coefficient (Wildman–Crippen LogP) is 5.34. The number of ketones is 1. The molecule has 0 spiro atoms. The van der Waals surface area contributed by atoms with E-state index in [1.807, 2.05) is 24.3 Å². The number of Topliss-reactive ketones (excluding diaryl/α,β-unsaturated/α-hetero) is 1. The fourth-order valence-corrected chi connectivity index (χ4v) is 7.28. The average Bonchev–Trinajstić information content (AvgIpc) is 2.69. The van der Waals surface area contributed by atoms with Crippen LogP contribution in [-0.4, -0.2) is 10.9 Å². The van der Waals surface area contributed by atoms with Crippen molar-refractivity contribution in [2.45, 2.75) is 24.2 Å². The molecule has 1 fully saturated rings. The maximum absolute atomic E-state index is 12.6. The Morgan fingerprint density at radius 3 is 1.77 bits per heavy atom. The highest BCUT2D eigenvalue weighted by Crippen LogP contribution is 2.66. The normalized spacial score (nSPS) is 22.9. The third-order valence-corrected chi connectivity index (χ3v) is 8.23. The molecule has 3 unspecified atom stereocenters. The Bertz CT molecular complexity index is 875. The van der Waals surface area contributed by atoms with Crippen molar-refractivity contribution in [2.24, 2.45) is 0 Å². The lowest BCUT2D eigenvalue weighted by Crippen LogP contribution is -2.23. The summed E-state index contributed by atoms with van der Waals surface area (Å²) in [5.41, 5.74) is 2.80. The molecule has 3 aromatic carbocycles. The molecule has 1 heterocycles. The van der Waals surface area contributed by atoms with Gasteiger partial charge >= 0.3 is 0 Å². The molecule has 2 nitrogen and oxygen atoms in total. The summed E-state index contributed by atoms with van der Waals surface area (Å²) in [6.07, 6.45) is 1.19. The predicted molar refractivity (Wildman–Crippen MR) is 107 cm³/mol. The second kappa shape index (κ2) is 7.43. The van der Waals surface area contributed by atoms with Crippen LogP contribution in [0.4, 0.5) is 0 Å². The molecule has 0 saturated carbocycles. The van der Waals surface area contributed by atoms with E-state index >= 15 is 0 Å². The zero-order chi connectivity index (χ0) is 17.9. The standard InChI is InChI=1S/C23H21O2P/c24-19-13-11-18(12-14-19)23-16-20(25)15-22(17-7-3-1-4-8-17)26(23)21-9-5-2-6-10-21/h1-14,22-24H,15-16H2. The number of benzene rings is 3. The highest BCUT2D eigenvalue weighted by Gasteiger charge is 2.39. The second-order valence-corrected chi connectivity index (χ2v) is 9.30. The molecule has 4 rings (SSSR count). The van der Waals surface area contributed by atoms with Gasteiger partial charge in [0.1, 0.15) is 11.5 Å². The van der Waals surface area contributed by atoms with Gasteiger partial charge in [-0.05, 0) is 28.6 Å². The van der Waals surface area contributed by atoms with Crippen LogP contribution < -0.4 is 5.30 Å². The first-order valence-corrected chi connectivity index (χ1v) is 10.4. The third-order valence-electron chi connectivity index (χ3n) is 5.03. The average molecular weight is 360 g/mol. The Hall–Kier alpha value is -2.44. The fraction of sp³-hybridized carbons (Fsp3) is 0.174. The van der Waals surface area contributed by atoms with Crippen LogP contribution in [0.15, 0.2) is 84.9 Å². The third kappa shape index (κ3) is 3.43. The lowest BCUT2D eigenvalue weighted by molar-refractivity contribution is -0.119. The number of phenols is 1. The summed E-state index contributed by atoms with van der Waals surface area (Å²) in [5, 5.41) is 11.0. The van der Waals surface area contributed by atoms with E-state index in [2.05, 4.69) is 48.5 Å². The largest absolute Gasteiger partial charge is 0.508 e. The van der Waals surface area contributed by atoms with Crippen LogP contribution >= 0.6 is 7.92 Å². The van der Waals surface area contributed by atoms with Gasteiger partial charge in [-0.3, -0.25) is 4.79 Å². The highest BCUT2D eigenvalue weighted by molar-refractivity contribution is 7.66. The fourth-order valence-electron chi connectivity index (χ4n) is 3.82. The SMILES string of the molecule is O=C1CC(c2ccccc2)P(c2ccccc2)C(c2ccc(O)cc2)C1. The number of aromatic hydroxyl groups is 1. The Kier molecular flexibility index (Phi) is 4.86. The topological polar surface area (TPSA) is 37.3 Å². The monoisotopic (exact) mass is 360 g/mol. The van der Waals surface area contributed by atoms with E-state index in [0.29, 0.717) is 18.6 Å². The number of carbonyl (C=O) groups is 1. The van der Waals surface area contributed by atoms with Crippen LogP contribution in [-0.2, 0) is 4.79 Å². The summed E-state index contributed by atoms with van der Waals surface area (Å²) in [6.45, 7) is 0. The molecule has 0 radical (unpaired) electrons. The number of carbonyl (C=O) groups excluding carboxylic acids is 1. The smallest absolute Gasteiger partial charge is 0.134 e. The van der Waals surface area contributed by atoms with Crippen molar-refractivity contribution >= 4 is 19.0 Å². The van der Waals surface area contributed by atoms with Crippen LogP contribution in [0, 0.1) is 0 Å². The summed E-state index contributed by atoms with van der Waals surface area (Å²) >= 11 is 0. The molecule has 0 aromatic heterocycles. The maximum atomic E-state index is 12.6. The van der Waals surface area contributed by atoms with Crippen LogP contribution in [0.25, 0.3) is 0 Å². The number of hydrogen-bond acceptors (Lipinski definition) is 2. The van der Waals surface area contributed by atoms with Gasteiger partial charge in [-0.2, -0.15) is 0 Å². The summed E-state index contributed by atoms with van der Waals surface area (Å²) < 4.78 is 0. The van der Waals surface area contributed by atoms with Gasteiger partial charge in [0.2, 0.25) is 0 Å². The molecule has 0 amide bonds. The van der Waals surface area contributed by atoms with Gasteiger partial charge in [0.15, 0.2) is 0 Å². The van der Waals surface area contributed by atoms with Crippen molar-refractivity contribution in [1.82, 2.24) is 0 Å². The van der Waals surface area contributed by atoms with Crippen LogP contribution in [0.2, 0.25) is 0 Å². The summed E-state index contributed by atoms with van der Waals surface area (Å²) in [5.74, 6) is 0.589. The van der Waals surface area contributed by atoms with Gasteiger partial charge in [0.25, 0.3) is 0 Å². The summed E-state index contributed by atoms with van der Waals surface area (Å²) in [6, 6.07) is 28.4.